The van der Waals surface area contributed by atoms with E-state index in [1.807, 2.05) is 17.5 Å². The summed E-state index contributed by atoms with van der Waals surface area (Å²) < 4.78 is 5.21. The number of hydrogen-bond donors (Lipinski definition) is 0. The molecule has 1 saturated heterocycles. The molecule has 2 heterocycles. The van der Waals surface area contributed by atoms with Gasteiger partial charge in [0, 0.05) is 10.3 Å². The third-order valence-electron chi connectivity index (χ3n) is 2.50. The number of esters is 1. The first-order chi connectivity index (χ1) is 6.50. The van der Waals surface area contributed by atoms with Gasteiger partial charge in [0.05, 0.1) is 0 Å². The Morgan fingerprint density at radius 2 is 2.14 bits per heavy atom. The van der Waals surface area contributed by atoms with Crippen molar-refractivity contribution in [1.82, 2.24) is 0 Å². The number of carbonyl (C=O) groups excluding carboxylic acids is 1. The van der Waals surface area contributed by atoms with Crippen molar-refractivity contribution in [3.63, 3.8) is 0 Å². The second kappa shape index (κ2) is 3.09. The van der Waals surface area contributed by atoms with Crippen LogP contribution >= 0.6 is 11.3 Å². The number of rotatable bonds is 1. The number of thiophene rings is 1. The highest BCUT2D eigenvalue weighted by molar-refractivity contribution is 7.10. The Hall–Kier alpha value is -0.830. The van der Waals surface area contributed by atoms with Crippen LogP contribution in [0.4, 0.5) is 0 Å². The van der Waals surface area contributed by atoms with Crippen LogP contribution in [-0.2, 0) is 9.53 Å². The number of hydrogen-bond acceptors (Lipinski definition) is 3. The molecule has 0 amide bonds. The van der Waals surface area contributed by atoms with Gasteiger partial charge in [0.2, 0.25) is 0 Å². The molecule has 76 valence electrons. The quantitative estimate of drug-likeness (QED) is 0.666. The van der Waals surface area contributed by atoms with E-state index in [-0.39, 0.29) is 23.4 Å². The van der Waals surface area contributed by atoms with Crippen molar-refractivity contribution in [2.75, 3.05) is 0 Å². The SMILES string of the molecule is CC(C)(C)[C@@H]1OC(=O)[C@H]1c1cccs1. The van der Waals surface area contributed by atoms with Crippen molar-refractivity contribution < 1.29 is 9.53 Å². The highest BCUT2D eigenvalue weighted by Crippen LogP contribution is 2.43. The van der Waals surface area contributed by atoms with Crippen LogP contribution in [0.2, 0.25) is 0 Å². The topological polar surface area (TPSA) is 26.3 Å². The molecule has 2 rings (SSSR count). The van der Waals surface area contributed by atoms with Crippen LogP contribution < -0.4 is 0 Å². The molecule has 1 aliphatic rings. The Morgan fingerprint density at radius 3 is 2.57 bits per heavy atom. The molecule has 2 atom stereocenters. The van der Waals surface area contributed by atoms with Crippen LogP contribution in [0.15, 0.2) is 17.5 Å². The summed E-state index contributed by atoms with van der Waals surface area (Å²) in [6.45, 7) is 6.31. The zero-order valence-electron chi connectivity index (χ0n) is 8.61. The summed E-state index contributed by atoms with van der Waals surface area (Å²) >= 11 is 1.63. The molecule has 3 heteroatoms. The van der Waals surface area contributed by atoms with E-state index >= 15 is 0 Å². The lowest BCUT2D eigenvalue weighted by molar-refractivity contribution is -0.186. The highest BCUT2D eigenvalue weighted by Gasteiger charge is 2.50. The van der Waals surface area contributed by atoms with Crippen LogP contribution in [0, 0.1) is 5.41 Å². The molecule has 0 radical (unpaired) electrons. The molecule has 0 N–H and O–H groups in total. The van der Waals surface area contributed by atoms with Gasteiger partial charge in [-0.2, -0.15) is 0 Å². The second-order valence-corrected chi connectivity index (χ2v) is 5.70. The Bertz CT molecular complexity index is 335. The largest absolute Gasteiger partial charge is 0.460 e. The van der Waals surface area contributed by atoms with Crippen LogP contribution in [0.3, 0.4) is 0 Å². The molecule has 0 aromatic carbocycles. The third-order valence-corrected chi connectivity index (χ3v) is 3.46. The van der Waals surface area contributed by atoms with Crippen molar-refractivity contribution in [3.05, 3.63) is 22.4 Å². The van der Waals surface area contributed by atoms with Gasteiger partial charge in [-0.15, -0.1) is 11.3 Å². The molecule has 1 fully saturated rings. The van der Waals surface area contributed by atoms with Gasteiger partial charge in [-0.1, -0.05) is 26.8 Å². The first-order valence-electron chi connectivity index (χ1n) is 4.74. The van der Waals surface area contributed by atoms with Crippen molar-refractivity contribution in [1.29, 1.82) is 0 Å². The van der Waals surface area contributed by atoms with Crippen molar-refractivity contribution >= 4 is 17.3 Å². The van der Waals surface area contributed by atoms with E-state index in [1.165, 1.54) is 0 Å². The van der Waals surface area contributed by atoms with Crippen LogP contribution in [0.5, 0.6) is 0 Å². The van der Waals surface area contributed by atoms with E-state index in [0.29, 0.717) is 0 Å². The van der Waals surface area contributed by atoms with Gasteiger partial charge >= 0.3 is 5.97 Å². The van der Waals surface area contributed by atoms with Gasteiger partial charge < -0.3 is 4.74 Å². The minimum Gasteiger partial charge on any atom is -0.460 e. The molecular formula is C11H14O2S. The molecule has 0 aliphatic carbocycles. The fourth-order valence-electron chi connectivity index (χ4n) is 1.73. The Balaban J connectivity index is 2.22. The van der Waals surface area contributed by atoms with Gasteiger partial charge in [0.1, 0.15) is 12.0 Å². The van der Waals surface area contributed by atoms with Crippen molar-refractivity contribution in [2.45, 2.75) is 32.8 Å². The summed E-state index contributed by atoms with van der Waals surface area (Å²) in [5.41, 5.74) is 0.0303. The summed E-state index contributed by atoms with van der Waals surface area (Å²) in [4.78, 5) is 12.5. The summed E-state index contributed by atoms with van der Waals surface area (Å²) in [6.07, 6.45) is 0.0358. The fourth-order valence-corrected chi connectivity index (χ4v) is 2.57. The lowest BCUT2D eigenvalue weighted by atomic mass is 9.77. The van der Waals surface area contributed by atoms with Crippen LogP contribution in [0.25, 0.3) is 0 Å². The second-order valence-electron chi connectivity index (χ2n) is 4.72. The smallest absolute Gasteiger partial charge is 0.318 e. The molecule has 1 aromatic rings. The Labute approximate surface area is 87.9 Å². The maximum atomic E-state index is 11.4. The maximum absolute atomic E-state index is 11.4. The minimum atomic E-state index is -0.0765. The maximum Gasteiger partial charge on any atom is 0.318 e. The molecular weight excluding hydrogens is 196 g/mol. The molecule has 1 aromatic heterocycles. The van der Waals surface area contributed by atoms with Gasteiger partial charge in [-0.05, 0) is 11.4 Å². The number of cyclic esters (lactones) is 1. The van der Waals surface area contributed by atoms with E-state index in [0.717, 1.165) is 4.88 Å². The van der Waals surface area contributed by atoms with Gasteiger partial charge in [-0.25, -0.2) is 0 Å². The van der Waals surface area contributed by atoms with Gasteiger partial charge in [0.25, 0.3) is 0 Å². The molecule has 0 unspecified atom stereocenters. The molecule has 0 spiro atoms. The average Bonchev–Trinajstić information content (AvgIpc) is 2.50. The molecule has 0 bridgehead atoms. The predicted octanol–water partition coefficient (Wildman–Crippen LogP) is 2.80. The van der Waals surface area contributed by atoms with Crippen LogP contribution in [0.1, 0.15) is 31.6 Å². The molecule has 2 nitrogen and oxygen atoms in total. The summed E-state index contributed by atoms with van der Waals surface area (Å²) in [6, 6.07) is 3.99. The van der Waals surface area contributed by atoms with Crippen LogP contribution in [-0.4, -0.2) is 12.1 Å². The first-order valence-corrected chi connectivity index (χ1v) is 5.62. The van der Waals surface area contributed by atoms with Gasteiger partial charge in [-0.3, -0.25) is 4.79 Å². The monoisotopic (exact) mass is 210 g/mol. The predicted molar refractivity (Wildman–Crippen MR) is 56.4 cm³/mol. The van der Waals surface area contributed by atoms with Crippen molar-refractivity contribution in [3.8, 4) is 0 Å². The standard InChI is InChI=1S/C11H14O2S/c1-11(2,3)9-8(10(12)13-9)7-5-4-6-14-7/h4-6,8-9H,1-3H3/t8-,9+/m0/s1. The molecule has 14 heavy (non-hydrogen) atoms. The minimum absolute atomic E-state index is 0.0303. The summed E-state index contributed by atoms with van der Waals surface area (Å²) in [5.74, 6) is -0.109. The van der Waals surface area contributed by atoms with E-state index < -0.39 is 0 Å². The first kappa shape index (κ1) is 9.71. The fraction of sp³-hybridized carbons (Fsp3) is 0.545. The number of carbonyl (C=O) groups is 1. The van der Waals surface area contributed by atoms with E-state index in [1.54, 1.807) is 11.3 Å². The molecule has 0 saturated carbocycles. The zero-order valence-corrected chi connectivity index (χ0v) is 9.43. The van der Waals surface area contributed by atoms with E-state index in [4.69, 9.17) is 4.74 Å². The highest BCUT2D eigenvalue weighted by atomic mass is 32.1. The lowest BCUT2D eigenvalue weighted by Crippen LogP contribution is -2.50. The normalized spacial score (nSPS) is 26.9. The van der Waals surface area contributed by atoms with E-state index in [9.17, 15) is 4.79 Å². The number of ether oxygens (including phenoxy) is 1. The van der Waals surface area contributed by atoms with Gasteiger partial charge in [0.15, 0.2) is 0 Å². The summed E-state index contributed by atoms with van der Waals surface area (Å²) in [7, 11) is 0. The Kier molecular flexibility index (Phi) is 2.14. The average molecular weight is 210 g/mol. The van der Waals surface area contributed by atoms with E-state index in [2.05, 4.69) is 20.8 Å². The Morgan fingerprint density at radius 1 is 1.43 bits per heavy atom. The lowest BCUT2D eigenvalue weighted by Gasteiger charge is -2.42. The molecule has 1 aliphatic heterocycles. The summed E-state index contributed by atoms with van der Waals surface area (Å²) in [5, 5.41) is 2.00. The zero-order chi connectivity index (χ0) is 10.3. The third kappa shape index (κ3) is 1.46. The van der Waals surface area contributed by atoms with Crippen molar-refractivity contribution in [2.24, 2.45) is 5.41 Å².